The van der Waals surface area contributed by atoms with E-state index in [1.807, 2.05) is 71.6 Å². The van der Waals surface area contributed by atoms with E-state index in [0.29, 0.717) is 38.9 Å². The third-order valence-electron chi connectivity index (χ3n) is 9.42. The number of carbonyl (C=O) groups excluding carboxylic acids is 4. The van der Waals surface area contributed by atoms with Gasteiger partial charge in [0.2, 0.25) is 0 Å². The molecule has 63 heavy (non-hydrogen) atoms. The zero-order valence-corrected chi connectivity index (χ0v) is 34.9. The summed E-state index contributed by atoms with van der Waals surface area (Å²) in [5.41, 5.74) is 25.6. The first-order chi connectivity index (χ1) is 30.1. The maximum Gasteiger partial charge on any atom is 0.490 e. The minimum absolute atomic E-state index is 0.0582. The van der Waals surface area contributed by atoms with E-state index >= 15 is 0 Å². The van der Waals surface area contributed by atoms with Crippen molar-refractivity contribution in [2.24, 2.45) is 16.0 Å². The second-order valence-electron chi connectivity index (χ2n) is 13.9. The van der Waals surface area contributed by atoms with Crippen LogP contribution in [0.25, 0.3) is 20.9 Å². The Morgan fingerprint density at radius 2 is 1.17 bits per heavy atom. The number of ether oxygens (including phenoxy) is 3. The molecule has 3 saturated heterocycles. The van der Waals surface area contributed by atoms with Crippen molar-refractivity contribution < 1.29 is 56.5 Å². The normalized spacial score (nSPS) is 21.2. The zero-order valence-electron chi connectivity index (χ0n) is 34.9. The van der Waals surface area contributed by atoms with Gasteiger partial charge in [-0.15, -0.1) is 0 Å². The maximum absolute atomic E-state index is 11.8. The van der Waals surface area contributed by atoms with Crippen LogP contribution >= 0.6 is 0 Å². The molecule has 0 aliphatic carbocycles. The Labute approximate surface area is 361 Å². The van der Waals surface area contributed by atoms with Crippen LogP contribution in [0.1, 0.15) is 40.7 Å². The van der Waals surface area contributed by atoms with Crippen molar-refractivity contribution in [2.75, 3.05) is 41.0 Å². The molecule has 3 aliphatic heterocycles. The van der Waals surface area contributed by atoms with Crippen molar-refractivity contribution >= 4 is 30.2 Å². The topological polar surface area (TPSA) is 275 Å². The summed E-state index contributed by atoms with van der Waals surface area (Å²) in [5.74, 6) is -3.52. The highest BCUT2D eigenvalue weighted by Gasteiger charge is 2.39. The number of nitrogens with zero attached hydrogens (tertiary/aromatic N) is 8. The molecular formula is C41H51F3N10O9. The number of carbonyl (C=O) groups is 5. The molecule has 4 N–H and O–H groups in total. The van der Waals surface area contributed by atoms with Crippen LogP contribution in [0.5, 0.6) is 0 Å². The fourth-order valence-electron chi connectivity index (χ4n) is 6.45. The molecule has 3 aromatic carbocycles. The lowest BCUT2D eigenvalue weighted by molar-refractivity contribution is -0.192. The number of hydrogen-bond donors (Lipinski definition) is 3. The number of aliphatic carboxylic acids is 1. The fraction of sp³-hybridized carbons (Fsp3) is 0.439. The summed E-state index contributed by atoms with van der Waals surface area (Å²) in [6, 6.07) is 28.0. The van der Waals surface area contributed by atoms with Gasteiger partial charge in [0, 0.05) is 54.2 Å². The van der Waals surface area contributed by atoms with Gasteiger partial charge >= 0.3 is 30.1 Å². The number of carboxylic acid groups (broad SMARTS) is 1. The maximum atomic E-state index is 11.8. The van der Waals surface area contributed by atoms with E-state index in [2.05, 4.69) is 47.1 Å². The number of nitrogens with one attached hydrogen (secondary N) is 1. The molecule has 6 atom stereocenters. The fourth-order valence-corrected chi connectivity index (χ4v) is 6.45. The van der Waals surface area contributed by atoms with E-state index < -0.39 is 12.1 Å². The molecule has 340 valence electrons. The minimum Gasteiger partial charge on any atom is -0.475 e. The van der Waals surface area contributed by atoms with E-state index in [4.69, 9.17) is 36.2 Å². The molecule has 3 aliphatic rings. The quantitative estimate of drug-likeness (QED) is 0.0590. The van der Waals surface area contributed by atoms with Gasteiger partial charge in [0.15, 0.2) is 0 Å². The van der Waals surface area contributed by atoms with Gasteiger partial charge in [0.05, 0.1) is 33.4 Å². The molecule has 19 nitrogen and oxygen atoms in total. The Kier molecular flexibility index (Phi) is 23.5. The van der Waals surface area contributed by atoms with E-state index in [9.17, 15) is 32.3 Å². The molecule has 0 aromatic heterocycles. The van der Waals surface area contributed by atoms with Crippen LogP contribution in [-0.2, 0) is 46.5 Å². The van der Waals surface area contributed by atoms with Crippen LogP contribution in [0, 0.1) is 0 Å². The first-order valence-electron chi connectivity index (χ1n) is 19.3. The minimum atomic E-state index is -5.08. The van der Waals surface area contributed by atoms with Gasteiger partial charge in [0.1, 0.15) is 24.4 Å². The number of alkyl halides is 3. The lowest BCUT2D eigenvalue weighted by Gasteiger charge is -2.22. The SMILES string of the molecule is COC(=O)[C@@H]1C[C@H](N)CN1Cc1ccccc1.COC(=O)[C@@H]1C[C@H](N=[N+]=[N-])CN1.COC(=O)[C@@H]1C[C@H](N=[N+]=[N-])CN1Cc1ccccc1.O=C(O)C(F)(F)F.O=Cc1ccccc1. The van der Waals surface area contributed by atoms with Crippen LogP contribution in [0.15, 0.2) is 101 Å². The number of nitrogens with two attached hydrogens (primary N) is 1. The van der Waals surface area contributed by atoms with Crippen molar-refractivity contribution in [2.45, 2.75) is 74.8 Å². The number of hydrogen-bond acceptors (Lipinski definition) is 14. The molecule has 3 fully saturated rings. The van der Waals surface area contributed by atoms with Gasteiger partial charge in [-0.1, -0.05) is 101 Å². The van der Waals surface area contributed by atoms with Crippen LogP contribution < -0.4 is 11.1 Å². The second kappa shape index (κ2) is 28.1. The van der Waals surface area contributed by atoms with E-state index in [-0.39, 0.29) is 54.2 Å². The Morgan fingerprint density at radius 3 is 1.59 bits per heavy atom. The van der Waals surface area contributed by atoms with Crippen LogP contribution in [0.2, 0.25) is 0 Å². The average Bonchev–Trinajstić information content (AvgIpc) is 4.03. The standard InChI is InChI=1S/C13H16N4O2.C13H18N2O2.C7H6O.C6H10N4O2.C2HF3O2/c1-19-13(18)12-7-11(15-16-14)9-17(12)8-10-5-3-2-4-6-10;1-17-13(16)12-7-11(14)9-15(12)8-10-5-3-2-4-6-10;8-6-7-4-2-1-3-5-7;1-12-6(11)5-2-4(3-8-5)9-10-7;3-2(4,5)1(6)7/h2-6,11-12H,7-9H2,1H3;2-6,11-12H,7-9,14H2,1H3;1-6H;4-5,8H,2-3H2,1H3;(H,6,7)/t2*11-,12-;;4-,5-;/m00.0./s1. The van der Waals surface area contributed by atoms with Crippen molar-refractivity contribution in [3.8, 4) is 0 Å². The summed E-state index contributed by atoms with van der Waals surface area (Å²) in [4.78, 5) is 62.8. The van der Waals surface area contributed by atoms with E-state index in [1.165, 1.54) is 26.9 Å². The van der Waals surface area contributed by atoms with E-state index in [1.54, 1.807) is 12.1 Å². The number of rotatable bonds is 10. The molecule has 3 heterocycles. The van der Waals surface area contributed by atoms with Gasteiger partial charge in [0.25, 0.3) is 0 Å². The zero-order chi connectivity index (χ0) is 46.8. The molecule has 0 amide bonds. The highest BCUT2D eigenvalue weighted by Crippen LogP contribution is 2.24. The summed E-state index contributed by atoms with van der Waals surface area (Å²) in [6.07, 6.45) is -2.53. The van der Waals surface area contributed by atoms with Crippen molar-refractivity contribution in [3.05, 3.63) is 129 Å². The van der Waals surface area contributed by atoms with Gasteiger partial charge in [-0.25, -0.2) is 4.79 Å². The van der Waals surface area contributed by atoms with Crippen LogP contribution in [0.3, 0.4) is 0 Å². The smallest absolute Gasteiger partial charge is 0.475 e. The Hall–Kier alpha value is -6.54. The average molecular weight is 885 g/mol. The number of azide groups is 2. The predicted octanol–water partition coefficient (Wildman–Crippen LogP) is 5.21. The molecule has 0 spiro atoms. The third kappa shape index (κ3) is 19.4. The number of halogens is 3. The monoisotopic (exact) mass is 884 g/mol. The number of carboxylic acids is 1. The summed E-state index contributed by atoms with van der Waals surface area (Å²) in [5, 5.41) is 17.2. The molecular weight excluding hydrogens is 834 g/mol. The van der Waals surface area contributed by atoms with Crippen molar-refractivity contribution in [3.63, 3.8) is 0 Å². The van der Waals surface area contributed by atoms with Gasteiger partial charge < -0.3 is 30.4 Å². The number of aldehydes is 1. The van der Waals surface area contributed by atoms with Crippen molar-refractivity contribution in [1.82, 2.24) is 15.1 Å². The molecule has 0 radical (unpaired) electrons. The van der Waals surface area contributed by atoms with Gasteiger partial charge in [-0.2, -0.15) is 13.2 Å². The first-order valence-corrected chi connectivity index (χ1v) is 19.3. The molecule has 6 rings (SSSR count). The summed E-state index contributed by atoms with van der Waals surface area (Å²) < 4.78 is 45.9. The summed E-state index contributed by atoms with van der Waals surface area (Å²) >= 11 is 0. The lowest BCUT2D eigenvalue weighted by Crippen LogP contribution is -2.36. The highest BCUT2D eigenvalue weighted by atomic mass is 19.4. The van der Waals surface area contributed by atoms with Gasteiger partial charge in [-0.05, 0) is 41.5 Å². The number of benzene rings is 3. The Balaban J connectivity index is 0.000000285. The van der Waals surface area contributed by atoms with Crippen LogP contribution in [0.4, 0.5) is 13.2 Å². The number of likely N-dealkylation sites (tertiary alicyclic amines) is 2. The highest BCUT2D eigenvalue weighted by molar-refractivity contribution is 5.77. The summed E-state index contributed by atoms with van der Waals surface area (Å²) in [7, 11) is 4.14. The third-order valence-corrected chi connectivity index (χ3v) is 9.42. The van der Waals surface area contributed by atoms with Gasteiger partial charge in [-0.3, -0.25) is 29.0 Å². The molecule has 22 heteroatoms. The lowest BCUT2D eigenvalue weighted by atomic mass is 10.1. The summed E-state index contributed by atoms with van der Waals surface area (Å²) in [6.45, 7) is 3.27. The Morgan fingerprint density at radius 1 is 0.746 bits per heavy atom. The van der Waals surface area contributed by atoms with Crippen molar-refractivity contribution in [1.29, 1.82) is 0 Å². The number of methoxy groups -OCH3 is 3. The largest absolute Gasteiger partial charge is 0.490 e. The number of esters is 3. The predicted molar refractivity (Wildman–Crippen MR) is 222 cm³/mol. The second-order valence-corrected chi connectivity index (χ2v) is 13.9. The molecule has 0 saturated carbocycles. The molecule has 0 unspecified atom stereocenters. The van der Waals surface area contributed by atoms with E-state index in [0.717, 1.165) is 30.5 Å². The molecule has 3 aromatic rings. The first kappa shape index (κ1) is 52.6. The van der Waals surface area contributed by atoms with Crippen LogP contribution in [-0.4, -0.2) is 128 Å². The molecule has 0 bridgehead atoms. The Bertz CT molecular complexity index is 1970.